The van der Waals surface area contributed by atoms with E-state index in [-0.39, 0.29) is 18.0 Å². The zero-order valence-electron chi connectivity index (χ0n) is 13.7. The van der Waals surface area contributed by atoms with Crippen LogP contribution in [0.2, 0.25) is 0 Å². The van der Waals surface area contributed by atoms with Gasteiger partial charge in [-0.2, -0.15) is 26.2 Å². The van der Waals surface area contributed by atoms with E-state index in [0.29, 0.717) is 24.6 Å². The third-order valence-electron chi connectivity index (χ3n) is 3.86. The van der Waals surface area contributed by atoms with Crippen molar-refractivity contribution in [1.29, 1.82) is 0 Å². The Bertz CT molecular complexity index is 655. The molecule has 1 aliphatic rings. The molecular formula is C15H22F2N2O4S. The lowest BCUT2D eigenvalue weighted by atomic mass is 10.0. The van der Waals surface area contributed by atoms with Gasteiger partial charge in [-0.25, -0.2) is 0 Å². The average molecular weight is 364 g/mol. The van der Waals surface area contributed by atoms with Crippen molar-refractivity contribution in [2.24, 2.45) is 5.92 Å². The number of benzene rings is 1. The molecule has 1 fully saturated rings. The fourth-order valence-electron chi connectivity index (χ4n) is 2.65. The largest absolute Gasteiger partial charge is 0.493 e. The van der Waals surface area contributed by atoms with Gasteiger partial charge in [0.25, 0.3) is 10.2 Å². The number of nitrogens with zero attached hydrogens (tertiary/aromatic N) is 1. The fraction of sp³-hybridized carbons (Fsp3) is 0.600. The maximum Gasteiger partial charge on any atom is 0.387 e. The Labute approximate surface area is 140 Å². The summed E-state index contributed by atoms with van der Waals surface area (Å²) in [5, 5.41) is 0. The van der Waals surface area contributed by atoms with E-state index < -0.39 is 16.8 Å². The Balaban J connectivity index is 2.03. The lowest BCUT2D eigenvalue weighted by molar-refractivity contribution is -0.0512. The zero-order valence-corrected chi connectivity index (χ0v) is 14.5. The van der Waals surface area contributed by atoms with Crippen LogP contribution in [-0.4, -0.2) is 39.5 Å². The molecule has 2 rings (SSSR count). The standard InChI is InChI=1S/C15H22F2N2O4S/c1-11-4-3-7-19(10-11)24(20,21)18-9-12-5-6-13(23-15(16)17)14(8-12)22-2/h5-6,8,11,15,18H,3-4,7,9-10H2,1-2H3/t11-/m1/s1. The minimum atomic E-state index is -3.57. The molecule has 0 aromatic heterocycles. The smallest absolute Gasteiger partial charge is 0.387 e. The number of methoxy groups -OCH3 is 1. The second kappa shape index (κ2) is 8.09. The van der Waals surface area contributed by atoms with Gasteiger partial charge in [-0.3, -0.25) is 0 Å². The van der Waals surface area contributed by atoms with Gasteiger partial charge in [-0.05, 0) is 36.5 Å². The van der Waals surface area contributed by atoms with Crippen LogP contribution in [0.15, 0.2) is 18.2 Å². The molecule has 0 bridgehead atoms. The van der Waals surface area contributed by atoms with Crippen LogP contribution in [-0.2, 0) is 16.8 Å². The van der Waals surface area contributed by atoms with Crippen molar-refractivity contribution in [2.45, 2.75) is 32.9 Å². The SMILES string of the molecule is COc1cc(CNS(=O)(=O)N2CCC[C@@H](C)C2)ccc1OC(F)F. The molecule has 0 unspecified atom stereocenters. The molecule has 0 spiro atoms. The molecule has 1 N–H and O–H groups in total. The Morgan fingerprint density at radius 1 is 1.38 bits per heavy atom. The van der Waals surface area contributed by atoms with Gasteiger partial charge in [0.2, 0.25) is 0 Å². The number of hydrogen-bond donors (Lipinski definition) is 1. The molecule has 0 amide bonds. The number of rotatable bonds is 7. The van der Waals surface area contributed by atoms with Crippen LogP contribution in [0.3, 0.4) is 0 Å². The molecule has 1 atom stereocenters. The summed E-state index contributed by atoms with van der Waals surface area (Å²) in [5.74, 6) is 0.365. The third kappa shape index (κ3) is 5.02. The van der Waals surface area contributed by atoms with Gasteiger partial charge in [0.1, 0.15) is 0 Å². The molecule has 0 radical (unpaired) electrons. The summed E-state index contributed by atoms with van der Waals surface area (Å²) in [6.07, 6.45) is 1.87. The summed E-state index contributed by atoms with van der Waals surface area (Å²) in [6, 6.07) is 4.32. The summed E-state index contributed by atoms with van der Waals surface area (Å²) in [6.45, 7) is 0.112. The topological polar surface area (TPSA) is 67.9 Å². The van der Waals surface area contributed by atoms with Crippen LogP contribution >= 0.6 is 0 Å². The second-order valence-corrected chi connectivity index (χ2v) is 7.55. The molecule has 1 saturated heterocycles. The molecule has 136 valence electrons. The summed E-state index contributed by atoms with van der Waals surface area (Å²) in [7, 11) is -2.24. The zero-order chi connectivity index (χ0) is 17.7. The van der Waals surface area contributed by atoms with Gasteiger partial charge in [-0.15, -0.1) is 0 Å². The van der Waals surface area contributed by atoms with E-state index in [1.54, 1.807) is 0 Å². The van der Waals surface area contributed by atoms with Crippen LogP contribution in [0.4, 0.5) is 8.78 Å². The summed E-state index contributed by atoms with van der Waals surface area (Å²) in [4.78, 5) is 0. The minimum absolute atomic E-state index is 0.0402. The van der Waals surface area contributed by atoms with E-state index in [1.165, 1.54) is 29.6 Å². The van der Waals surface area contributed by atoms with E-state index in [1.807, 2.05) is 6.92 Å². The van der Waals surface area contributed by atoms with Gasteiger partial charge in [-0.1, -0.05) is 13.0 Å². The van der Waals surface area contributed by atoms with Crippen LogP contribution < -0.4 is 14.2 Å². The Morgan fingerprint density at radius 2 is 2.12 bits per heavy atom. The van der Waals surface area contributed by atoms with E-state index in [9.17, 15) is 17.2 Å². The quantitative estimate of drug-likeness (QED) is 0.807. The first kappa shape index (κ1) is 18.9. The van der Waals surface area contributed by atoms with Crippen LogP contribution in [0.25, 0.3) is 0 Å². The van der Waals surface area contributed by atoms with Gasteiger partial charge < -0.3 is 9.47 Å². The first-order valence-electron chi connectivity index (χ1n) is 7.68. The summed E-state index contributed by atoms with van der Waals surface area (Å²) >= 11 is 0. The highest BCUT2D eigenvalue weighted by atomic mass is 32.2. The van der Waals surface area contributed by atoms with Crippen molar-refractivity contribution >= 4 is 10.2 Å². The van der Waals surface area contributed by atoms with Crippen molar-refractivity contribution in [3.05, 3.63) is 23.8 Å². The van der Waals surface area contributed by atoms with Crippen LogP contribution in [0, 0.1) is 5.92 Å². The molecule has 6 nitrogen and oxygen atoms in total. The summed E-state index contributed by atoms with van der Waals surface area (Å²) < 4.78 is 62.6. The monoisotopic (exact) mass is 364 g/mol. The Kier molecular flexibility index (Phi) is 6.36. The Hall–Kier alpha value is -1.45. The maximum absolute atomic E-state index is 12.3. The van der Waals surface area contributed by atoms with Crippen molar-refractivity contribution in [3.8, 4) is 11.5 Å². The van der Waals surface area contributed by atoms with Gasteiger partial charge in [0.15, 0.2) is 11.5 Å². The first-order valence-corrected chi connectivity index (χ1v) is 9.12. The molecule has 0 saturated carbocycles. The lowest BCUT2D eigenvalue weighted by Crippen LogP contribution is -2.45. The number of alkyl halides is 2. The number of nitrogens with one attached hydrogen (secondary N) is 1. The predicted molar refractivity (Wildman–Crippen MR) is 85.4 cm³/mol. The number of hydrogen-bond acceptors (Lipinski definition) is 4. The minimum Gasteiger partial charge on any atom is -0.493 e. The van der Waals surface area contributed by atoms with E-state index in [4.69, 9.17) is 4.74 Å². The van der Waals surface area contributed by atoms with Crippen molar-refractivity contribution in [1.82, 2.24) is 9.03 Å². The van der Waals surface area contributed by atoms with Gasteiger partial charge in [0, 0.05) is 19.6 Å². The molecule has 1 heterocycles. The normalized spacial score (nSPS) is 19.5. The van der Waals surface area contributed by atoms with Gasteiger partial charge in [0.05, 0.1) is 7.11 Å². The van der Waals surface area contributed by atoms with Crippen molar-refractivity contribution < 1.29 is 26.7 Å². The fourth-order valence-corrected chi connectivity index (χ4v) is 4.00. The third-order valence-corrected chi connectivity index (χ3v) is 5.38. The summed E-state index contributed by atoms with van der Waals surface area (Å²) in [5.41, 5.74) is 0.585. The average Bonchev–Trinajstić information content (AvgIpc) is 2.53. The van der Waals surface area contributed by atoms with Crippen LogP contribution in [0.1, 0.15) is 25.3 Å². The van der Waals surface area contributed by atoms with Crippen molar-refractivity contribution in [3.63, 3.8) is 0 Å². The molecular weight excluding hydrogens is 342 g/mol. The number of ether oxygens (including phenoxy) is 2. The molecule has 1 aliphatic heterocycles. The molecule has 24 heavy (non-hydrogen) atoms. The van der Waals surface area contributed by atoms with Crippen molar-refractivity contribution in [2.75, 3.05) is 20.2 Å². The molecule has 9 heteroatoms. The highest BCUT2D eigenvalue weighted by Crippen LogP contribution is 2.29. The number of halogens is 2. The molecule has 0 aliphatic carbocycles. The molecule has 1 aromatic rings. The lowest BCUT2D eigenvalue weighted by Gasteiger charge is -2.30. The molecule has 1 aromatic carbocycles. The highest BCUT2D eigenvalue weighted by Gasteiger charge is 2.26. The highest BCUT2D eigenvalue weighted by molar-refractivity contribution is 7.87. The van der Waals surface area contributed by atoms with E-state index >= 15 is 0 Å². The predicted octanol–water partition coefficient (Wildman–Crippen LogP) is 2.36. The Morgan fingerprint density at radius 3 is 2.75 bits per heavy atom. The van der Waals surface area contributed by atoms with E-state index in [2.05, 4.69) is 9.46 Å². The van der Waals surface area contributed by atoms with E-state index in [0.717, 1.165) is 12.8 Å². The van der Waals surface area contributed by atoms with Gasteiger partial charge >= 0.3 is 6.61 Å². The number of piperidine rings is 1. The maximum atomic E-state index is 12.3. The second-order valence-electron chi connectivity index (χ2n) is 5.80. The first-order chi connectivity index (χ1) is 11.3. The van der Waals surface area contributed by atoms with Crippen LogP contribution in [0.5, 0.6) is 11.5 Å².